The van der Waals surface area contributed by atoms with Crippen molar-refractivity contribution in [2.24, 2.45) is 0 Å². The maximum absolute atomic E-state index is 5.53. The first-order valence-corrected chi connectivity index (χ1v) is 2.82. The molecule has 4 N–H and O–H groups in total. The van der Waals surface area contributed by atoms with Crippen molar-refractivity contribution in [1.29, 1.82) is 0 Å². The monoisotopic (exact) mass is 156 g/mol. The summed E-state index contributed by atoms with van der Waals surface area (Å²) in [6.07, 6.45) is 0. The second-order valence-electron chi connectivity index (χ2n) is 2.12. The summed E-state index contributed by atoms with van der Waals surface area (Å²) in [6.45, 7) is 1.94. The molecule has 0 aliphatic carbocycles. The van der Waals surface area contributed by atoms with Crippen LogP contribution in [-0.2, 0) is 0 Å². The molecule has 0 bridgehead atoms. The quantitative estimate of drug-likeness (QED) is 0.556. The van der Waals surface area contributed by atoms with E-state index in [2.05, 4.69) is 0 Å². The fourth-order valence-corrected chi connectivity index (χ4v) is 0.699. The van der Waals surface area contributed by atoms with E-state index in [0.717, 1.165) is 16.9 Å². The van der Waals surface area contributed by atoms with Crippen LogP contribution < -0.4 is 11.5 Å². The predicted molar refractivity (Wildman–Crippen MR) is 50.4 cm³/mol. The summed E-state index contributed by atoms with van der Waals surface area (Å²) in [4.78, 5) is 0. The molecule has 0 saturated heterocycles. The van der Waals surface area contributed by atoms with Gasteiger partial charge in [0.15, 0.2) is 0 Å². The van der Waals surface area contributed by atoms with Crippen molar-refractivity contribution in [3.05, 3.63) is 23.8 Å². The van der Waals surface area contributed by atoms with Crippen molar-refractivity contribution in [1.82, 2.24) is 0 Å². The van der Waals surface area contributed by atoms with Crippen LogP contribution in [0.2, 0.25) is 0 Å². The van der Waals surface area contributed by atoms with Crippen molar-refractivity contribution in [3.8, 4) is 0 Å². The van der Waals surface area contributed by atoms with E-state index in [4.69, 9.17) is 11.5 Å². The van der Waals surface area contributed by atoms with Crippen molar-refractivity contribution in [3.63, 3.8) is 0 Å². The van der Waals surface area contributed by atoms with Gasteiger partial charge in [-0.05, 0) is 30.7 Å². The number of hydrogen-bond acceptors (Lipinski definition) is 2. The largest absolute Gasteiger partial charge is 0.399 e. The molecule has 0 aliphatic rings. The highest BCUT2D eigenvalue weighted by Crippen LogP contribution is 2.12. The van der Waals surface area contributed by atoms with Crippen molar-refractivity contribution >= 4 is 24.9 Å². The summed E-state index contributed by atoms with van der Waals surface area (Å²) < 4.78 is 0. The number of benzene rings is 1. The summed E-state index contributed by atoms with van der Waals surface area (Å²) in [6, 6.07) is 5.46. The third-order valence-electron chi connectivity index (χ3n) is 1.29. The molecule has 0 unspecified atom stereocenters. The molecule has 56 valence electrons. The standard InChI is InChI=1S/C7H10N2.H2S/c1-5-4-6(8)2-3-7(5)9;/h2-4H,8-9H2,1H3;1H2. The Morgan fingerprint density at radius 1 is 1.20 bits per heavy atom. The molecule has 1 rings (SSSR count). The topological polar surface area (TPSA) is 52.0 Å². The molecule has 1 aromatic carbocycles. The minimum Gasteiger partial charge on any atom is -0.399 e. The predicted octanol–water partition coefficient (Wildman–Crippen LogP) is 1.27. The zero-order chi connectivity index (χ0) is 6.85. The van der Waals surface area contributed by atoms with Crippen LogP contribution in [0.3, 0.4) is 0 Å². The zero-order valence-electron chi connectivity index (χ0n) is 5.89. The molecule has 1 aromatic rings. The smallest absolute Gasteiger partial charge is 0.0345 e. The van der Waals surface area contributed by atoms with Gasteiger partial charge in [-0.2, -0.15) is 13.5 Å². The fraction of sp³-hybridized carbons (Fsp3) is 0.143. The maximum Gasteiger partial charge on any atom is 0.0345 e. The fourth-order valence-electron chi connectivity index (χ4n) is 0.699. The Morgan fingerprint density at radius 2 is 1.80 bits per heavy atom. The Bertz CT molecular complexity index is 223. The number of rotatable bonds is 0. The van der Waals surface area contributed by atoms with Crippen LogP contribution in [-0.4, -0.2) is 0 Å². The van der Waals surface area contributed by atoms with Gasteiger partial charge >= 0.3 is 0 Å². The molecule has 0 heterocycles. The lowest BCUT2D eigenvalue weighted by molar-refractivity contribution is 1.47. The van der Waals surface area contributed by atoms with Gasteiger partial charge in [0, 0.05) is 11.4 Å². The summed E-state index contributed by atoms with van der Waals surface area (Å²) in [5.41, 5.74) is 13.6. The van der Waals surface area contributed by atoms with Crippen LogP contribution >= 0.6 is 13.5 Å². The second-order valence-corrected chi connectivity index (χ2v) is 2.12. The van der Waals surface area contributed by atoms with E-state index in [1.54, 1.807) is 6.07 Å². The molecule has 10 heavy (non-hydrogen) atoms. The molecule has 3 heteroatoms. The van der Waals surface area contributed by atoms with Crippen LogP contribution in [0.4, 0.5) is 11.4 Å². The van der Waals surface area contributed by atoms with Crippen molar-refractivity contribution < 1.29 is 0 Å². The molecule has 0 aliphatic heterocycles. The van der Waals surface area contributed by atoms with Gasteiger partial charge in [-0.1, -0.05) is 0 Å². The van der Waals surface area contributed by atoms with E-state index < -0.39 is 0 Å². The Hall–Kier alpha value is -0.830. The number of nitrogen functional groups attached to an aromatic ring is 2. The van der Waals surface area contributed by atoms with Gasteiger partial charge in [0.1, 0.15) is 0 Å². The molecule has 0 amide bonds. The lowest BCUT2D eigenvalue weighted by Gasteiger charge is -1.98. The normalized spacial score (nSPS) is 8.50. The van der Waals surface area contributed by atoms with Crippen LogP contribution in [0.1, 0.15) is 5.56 Å². The average molecular weight is 156 g/mol. The summed E-state index contributed by atoms with van der Waals surface area (Å²) in [5, 5.41) is 0. The number of anilines is 2. The van der Waals surface area contributed by atoms with E-state index in [1.165, 1.54) is 0 Å². The Balaban J connectivity index is 0.000000810. The Labute approximate surface area is 67.7 Å². The molecule has 0 radical (unpaired) electrons. The molecular weight excluding hydrogens is 144 g/mol. The molecule has 0 spiro atoms. The van der Waals surface area contributed by atoms with Crippen molar-refractivity contribution in [2.75, 3.05) is 11.5 Å². The van der Waals surface area contributed by atoms with Gasteiger partial charge in [0.25, 0.3) is 0 Å². The lowest BCUT2D eigenvalue weighted by atomic mass is 10.2. The Kier molecular flexibility index (Phi) is 3.09. The van der Waals surface area contributed by atoms with Crippen molar-refractivity contribution in [2.45, 2.75) is 6.92 Å². The summed E-state index contributed by atoms with van der Waals surface area (Å²) >= 11 is 0. The molecular formula is C7H12N2S. The van der Waals surface area contributed by atoms with Crippen LogP contribution in [0.25, 0.3) is 0 Å². The van der Waals surface area contributed by atoms with Gasteiger partial charge in [-0.25, -0.2) is 0 Å². The minimum atomic E-state index is 0. The lowest BCUT2D eigenvalue weighted by Crippen LogP contribution is -1.91. The van der Waals surface area contributed by atoms with E-state index >= 15 is 0 Å². The third kappa shape index (κ3) is 1.84. The molecule has 0 saturated carbocycles. The van der Waals surface area contributed by atoms with E-state index in [9.17, 15) is 0 Å². The van der Waals surface area contributed by atoms with E-state index in [-0.39, 0.29) is 13.5 Å². The Morgan fingerprint density at radius 3 is 2.20 bits per heavy atom. The molecule has 0 aromatic heterocycles. The van der Waals surface area contributed by atoms with Gasteiger partial charge in [-0.3, -0.25) is 0 Å². The van der Waals surface area contributed by atoms with Gasteiger partial charge in [0.2, 0.25) is 0 Å². The van der Waals surface area contributed by atoms with Crippen LogP contribution in [0.15, 0.2) is 18.2 Å². The van der Waals surface area contributed by atoms with Gasteiger partial charge in [0.05, 0.1) is 0 Å². The summed E-state index contributed by atoms with van der Waals surface area (Å²) in [7, 11) is 0. The molecule has 2 nitrogen and oxygen atoms in total. The first kappa shape index (κ1) is 9.17. The van der Waals surface area contributed by atoms with Crippen LogP contribution in [0.5, 0.6) is 0 Å². The number of aryl methyl sites for hydroxylation is 1. The van der Waals surface area contributed by atoms with Gasteiger partial charge in [-0.15, -0.1) is 0 Å². The summed E-state index contributed by atoms with van der Waals surface area (Å²) in [5.74, 6) is 0. The highest BCUT2D eigenvalue weighted by molar-refractivity contribution is 7.59. The van der Waals surface area contributed by atoms with E-state index in [0.29, 0.717) is 0 Å². The zero-order valence-corrected chi connectivity index (χ0v) is 6.89. The number of hydrogen-bond donors (Lipinski definition) is 2. The van der Waals surface area contributed by atoms with Crippen LogP contribution in [0, 0.1) is 6.92 Å². The number of nitrogens with two attached hydrogens (primary N) is 2. The highest BCUT2D eigenvalue weighted by atomic mass is 32.1. The third-order valence-corrected chi connectivity index (χ3v) is 1.29. The van der Waals surface area contributed by atoms with E-state index in [1.807, 2.05) is 19.1 Å². The second kappa shape index (κ2) is 3.37. The highest BCUT2D eigenvalue weighted by Gasteiger charge is 1.90. The van der Waals surface area contributed by atoms with Gasteiger partial charge < -0.3 is 11.5 Å². The maximum atomic E-state index is 5.53. The molecule has 0 atom stereocenters. The minimum absolute atomic E-state index is 0. The first-order chi connectivity index (χ1) is 4.20. The average Bonchev–Trinajstić information content (AvgIpc) is 1.80. The SMILES string of the molecule is Cc1cc(N)ccc1N.S. The molecule has 0 fully saturated rings. The first-order valence-electron chi connectivity index (χ1n) is 2.82.